The monoisotopic (exact) mass is 230 g/mol. The number of anilines is 1. The number of rotatable bonds is 4. The molecule has 0 aromatic heterocycles. The molecule has 0 heterocycles. The molecule has 0 spiro atoms. The maximum Gasteiger partial charge on any atom is 0.299 e. The Morgan fingerprint density at radius 3 is 2.60 bits per heavy atom. The van der Waals surface area contributed by atoms with Gasteiger partial charge in [-0.25, -0.2) is 0 Å². The number of primary amides is 1. The Morgan fingerprint density at radius 2 is 2.07 bits per heavy atom. The Kier molecular flexibility index (Phi) is 3.51. The molecule has 0 unspecified atom stereocenters. The highest BCUT2D eigenvalue weighted by Crippen LogP contribution is 2.22. The van der Waals surface area contributed by atoms with Gasteiger partial charge in [0, 0.05) is 0 Å². The van der Waals surface area contributed by atoms with Crippen molar-refractivity contribution in [2.45, 2.75) is 6.42 Å². The van der Waals surface area contributed by atoms with E-state index in [1.165, 1.54) is 12.1 Å². The molecule has 1 rings (SSSR count). The van der Waals surface area contributed by atoms with Crippen LogP contribution in [0.15, 0.2) is 18.2 Å². The third-order valence-electron chi connectivity index (χ3n) is 1.63. The van der Waals surface area contributed by atoms with Gasteiger partial charge in [-0.2, -0.15) is 8.42 Å². The number of benzene rings is 1. The highest BCUT2D eigenvalue weighted by Gasteiger charge is 2.05. The molecule has 0 aliphatic heterocycles. The van der Waals surface area contributed by atoms with Crippen LogP contribution in [-0.4, -0.2) is 14.3 Å². The molecule has 82 valence electrons. The molecule has 0 aliphatic rings. The first-order valence-corrected chi connectivity index (χ1v) is 5.07. The number of carbonyl (C=O) groups excluding carboxylic acids is 1. The predicted molar refractivity (Wildman–Crippen MR) is 54.7 cm³/mol. The second-order valence-electron chi connectivity index (χ2n) is 2.83. The Morgan fingerprint density at radius 1 is 1.40 bits per heavy atom. The molecular weight excluding hydrogens is 220 g/mol. The fraction of sp³-hybridized carbons (Fsp3) is 0.125. The molecule has 1 aromatic carbocycles. The van der Waals surface area contributed by atoms with Crippen LogP contribution < -0.4 is 15.7 Å². The average molecular weight is 230 g/mol. The highest BCUT2D eigenvalue weighted by atomic mass is 32.2. The lowest BCUT2D eigenvalue weighted by Crippen LogP contribution is -2.13. The van der Waals surface area contributed by atoms with Crippen molar-refractivity contribution in [2.24, 2.45) is 5.73 Å². The van der Waals surface area contributed by atoms with Gasteiger partial charge in [-0.1, -0.05) is 6.07 Å². The van der Waals surface area contributed by atoms with Crippen LogP contribution in [0.2, 0.25) is 0 Å². The molecule has 1 amide bonds. The summed E-state index contributed by atoms with van der Waals surface area (Å²) in [4.78, 5) is 10.6. The molecule has 0 radical (unpaired) electrons. The molecule has 0 saturated heterocycles. The van der Waals surface area contributed by atoms with Crippen molar-refractivity contribution in [1.29, 1.82) is 0 Å². The molecule has 0 saturated carbocycles. The summed E-state index contributed by atoms with van der Waals surface area (Å²) in [6.45, 7) is 0. The van der Waals surface area contributed by atoms with Gasteiger partial charge < -0.3 is 15.7 Å². The minimum Gasteiger partial charge on any atom is -0.396 e. The molecule has 1 aromatic rings. The summed E-state index contributed by atoms with van der Waals surface area (Å²) in [7, 11) is -3.02. The zero-order chi connectivity index (χ0) is 11.4. The lowest BCUT2D eigenvalue weighted by Gasteiger charge is -2.04. The van der Waals surface area contributed by atoms with Crippen LogP contribution in [0.5, 0.6) is 5.75 Å². The Bertz CT molecular complexity index is 448. The zero-order valence-electron chi connectivity index (χ0n) is 7.67. The summed E-state index contributed by atoms with van der Waals surface area (Å²) in [5.74, 6) is -0.512. The largest absolute Gasteiger partial charge is 0.396 e. The second-order valence-corrected chi connectivity index (χ2v) is 3.46. The fourth-order valence-corrected chi connectivity index (χ4v) is 1.37. The predicted octanol–water partition coefficient (Wildman–Crippen LogP) is -0.798. The molecule has 6 nitrogen and oxygen atoms in total. The topological polar surface area (TPSA) is 112 Å². The minimum absolute atomic E-state index is 0.00450. The zero-order valence-corrected chi connectivity index (χ0v) is 8.57. The minimum atomic E-state index is -3.02. The van der Waals surface area contributed by atoms with E-state index in [0.717, 1.165) is 0 Å². The molecule has 0 aliphatic carbocycles. The summed E-state index contributed by atoms with van der Waals surface area (Å²) < 4.78 is 25.1. The van der Waals surface area contributed by atoms with Gasteiger partial charge in [0.1, 0.15) is 0 Å². The first-order chi connectivity index (χ1) is 6.99. The van der Waals surface area contributed by atoms with E-state index >= 15 is 0 Å². The standard InChI is InChI=1S/C8H10N2O4S/c9-6-2-1-5(4-8(10)11)3-7(6)14-15(12)13/h1-3,15H,4,9H2,(H2,10,11). The third-order valence-corrected chi connectivity index (χ3v) is 1.97. The first-order valence-electron chi connectivity index (χ1n) is 3.98. The van der Waals surface area contributed by atoms with Crippen LogP contribution >= 0.6 is 0 Å². The van der Waals surface area contributed by atoms with Crippen molar-refractivity contribution in [2.75, 3.05) is 5.73 Å². The number of nitrogen functional groups attached to an aromatic ring is 1. The summed E-state index contributed by atoms with van der Waals surface area (Å²) in [6.07, 6.45) is 0.00623. The Balaban J connectivity index is 2.99. The summed E-state index contributed by atoms with van der Waals surface area (Å²) in [5, 5.41) is 0. The van der Waals surface area contributed by atoms with E-state index in [1.807, 2.05) is 0 Å². The van der Waals surface area contributed by atoms with E-state index in [0.29, 0.717) is 5.56 Å². The van der Waals surface area contributed by atoms with Gasteiger partial charge in [-0.15, -0.1) is 0 Å². The van der Waals surface area contributed by atoms with Crippen molar-refractivity contribution >= 4 is 22.6 Å². The van der Waals surface area contributed by atoms with Crippen molar-refractivity contribution in [3.05, 3.63) is 23.8 Å². The van der Waals surface area contributed by atoms with Crippen molar-refractivity contribution in [3.63, 3.8) is 0 Å². The SMILES string of the molecule is NC(=O)Cc1ccc(N)c(O[SH](=O)=O)c1. The smallest absolute Gasteiger partial charge is 0.299 e. The quantitative estimate of drug-likeness (QED) is 0.463. The molecule has 7 heteroatoms. The molecule has 15 heavy (non-hydrogen) atoms. The van der Waals surface area contributed by atoms with Gasteiger partial charge >= 0.3 is 0 Å². The van der Waals surface area contributed by atoms with Crippen molar-refractivity contribution in [1.82, 2.24) is 0 Å². The molecular formula is C8H10N2O4S. The number of hydrogen-bond donors (Lipinski definition) is 3. The van der Waals surface area contributed by atoms with Crippen LogP contribution in [0, 0.1) is 0 Å². The maximum absolute atomic E-state index is 10.6. The number of hydrogen-bond acceptors (Lipinski definition) is 5. The maximum atomic E-state index is 10.6. The number of nitrogens with two attached hydrogens (primary N) is 2. The van der Waals surface area contributed by atoms with Gasteiger partial charge in [-0.3, -0.25) is 4.79 Å². The second kappa shape index (κ2) is 4.65. The molecule has 0 fully saturated rings. The lowest BCUT2D eigenvalue weighted by atomic mass is 10.1. The average Bonchev–Trinajstić information content (AvgIpc) is 2.09. The number of amides is 1. The normalized spacial score (nSPS) is 10.2. The van der Waals surface area contributed by atoms with E-state index in [1.54, 1.807) is 6.07 Å². The molecule has 0 atom stereocenters. The number of carbonyl (C=O) groups is 1. The summed E-state index contributed by atoms with van der Waals surface area (Å²) in [5.41, 5.74) is 11.2. The van der Waals surface area contributed by atoms with Crippen molar-refractivity contribution < 1.29 is 17.4 Å². The van der Waals surface area contributed by atoms with E-state index in [2.05, 4.69) is 4.18 Å². The van der Waals surface area contributed by atoms with Gasteiger partial charge in [0.25, 0.3) is 11.0 Å². The van der Waals surface area contributed by atoms with Gasteiger partial charge in [0.05, 0.1) is 12.1 Å². The highest BCUT2D eigenvalue weighted by molar-refractivity contribution is 7.67. The number of thiol groups is 1. The third kappa shape index (κ3) is 3.47. The van der Waals surface area contributed by atoms with Gasteiger partial charge in [0.15, 0.2) is 5.75 Å². The lowest BCUT2D eigenvalue weighted by molar-refractivity contribution is -0.117. The van der Waals surface area contributed by atoms with E-state index in [-0.39, 0.29) is 17.9 Å². The molecule has 4 N–H and O–H groups in total. The van der Waals surface area contributed by atoms with Crippen LogP contribution in [0.3, 0.4) is 0 Å². The van der Waals surface area contributed by atoms with Crippen LogP contribution in [0.25, 0.3) is 0 Å². The van der Waals surface area contributed by atoms with Gasteiger partial charge in [-0.05, 0) is 17.7 Å². The van der Waals surface area contributed by atoms with E-state index < -0.39 is 16.9 Å². The molecule has 0 bridgehead atoms. The van der Waals surface area contributed by atoms with E-state index in [4.69, 9.17) is 11.5 Å². The summed E-state index contributed by atoms with van der Waals surface area (Å²) >= 11 is 0. The summed E-state index contributed by atoms with van der Waals surface area (Å²) in [6, 6.07) is 4.39. The van der Waals surface area contributed by atoms with Crippen molar-refractivity contribution in [3.8, 4) is 5.75 Å². The van der Waals surface area contributed by atoms with Crippen LogP contribution in [-0.2, 0) is 22.2 Å². The fourth-order valence-electron chi connectivity index (χ4n) is 1.05. The van der Waals surface area contributed by atoms with Crippen LogP contribution in [0.1, 0.15) is 5.56 Å². The Labute approximate surface area is 88.0 Å². The first kappa shape index (κ1) is 11.3. The Hall–Kier alpha value is -1.76. The van der Waals surface area contributed by atoms with Gasteiger partial charge in [0.2, 0.25) is 5.91 Å². The van der Waals surface area contributed by atoms with Crippen LogP contribution in [0.4, 0.5) is 5.69 Å². The van der Waals surface area contributed by atoms with E-state index in [9.17, 15) is 13.2 Å².